The Balaban J connectivity index is 2.69. The third-order valence-corrected chi connectivity index (χ3v) is 2.12. The molecule has 0 fully saturated rings. The molecule has 0 atom stereocenters. The van der Waals surface area contributed by atoms with Crippen molar-refractivity contribution in [2.75, 3.05) is 19.2 Å². The van der Waals surface area contributed by atoms with E-state index in [-0.39, 0.29) is 12.7 Å². The summed E-state index contributed by atoms with van der Waals surface area (Å²) in [5, 5.41) is 2.84. The van der Waals surface area contributed by atoms with Crippen LogP contribution in [0.2, 0.25) is 0 Å². The molecule has 1 aromatic rings. The molecule has 0 radical (unpaired) electrons. The van der Waals surface area contributed by atoms with Gasteiger partial charge in [0.05, 0.1) is 0 Å². The van der Waals surface area contributed by atoms with Crippen molar-refractivity contribution in [2.45, 2.75) is 20.8 Å². The lowest BCUT2D eigenvalue weighted by Gasteiger charge is -2.18. The monoisotopic (exact) mass is 237 g/mol. The molecule has 1 rings (SSSR count). The molecule has 1 N–H and O–H groups in total. The van der Waals surface area contributed by atoms with Gasteiger partial charge in [-0.1, -0.05) is 26.8 Å². The Morgan fingerprint density at radius 2 is 2.06 bits per heavy atom. The van der Waals surface area contributed by atoms with Crippen LogP contribution >= 0.6 is 0 Å². The van der Waals surface area contributed by atoms with Crippen LogP contribution < -0.4 is 10.1 Å². The molecular weight excluding hydrogens is 218 g/mol. The van der Waals surface area contributed by atoms with Crippen LogP contribution in [0.1, 0.15) is 20.8 Å². The lowest BCUT2D eigenvalue weighted by molar-refractivity contribution is -0.123. The van der Waals surface area contributed by atoms with Gasteiger partial charge in [-0.15, -0.1) is 0 Å². The van der Waals surface area contributed by atoms with Gasteiger partial charge in [0, 0.05) is 24.3 Å². The van der Waals surface area contributed by atoms with Gasteiger partial charge in [-0.2, -0.15) is 0 Å². The molecule has 4 heteroatoms. The lowest BCUT2D eigenvalue weighted by atomic mass is 9.95. The smallest absolute Gasteiger partial charge is 0.229 e. The Morgan fingerprint density at radius 3 is 2.65 bits per heavy atom. The SMILES string of the molecule is COCOc1cccc(NC(=O)C(C)(C)C)c1. The van der Waals surface area contributed by atoms with Crippen LogP contribution in [0.25, 0.3) is 0 Å². The van der Waals surface area contributed by atoms with Crippen molar-refractivity contribution < 1.29 is 14.3 Å². The molecule has 4 nitrogen and oxygen atoms in total. The van der Waals surface area contributed by atoms with Gasteiger partial charge in [0.15, 0.2) is 6.79 Å². The molecule has 0 saturated heterocycles. The van der Waals surface area contributed by atoms with Crippen LogP contribution in [-0.2, 0) is 9.53 Å². The van der Waals surface area contributed by atoms with Gasteiger partial charge >= 0.3 is 0 Å². The summed E-state index contributed by atoms with van der Waals surface area (Å²) in [5.74, 6) is 0.639. The zero-order valence-electron chi connectivity index (χ0n) is 10.7. The summed E-state index contributed by atoms with van der Waals surface area (Å²) in [7, 11) is 1.56. The fourth-order valence-electron chi connectivity index (χ4n) is 1.11. The molecule has 0 aliphatic carbocycles. The first kappa shape index (κ1) is 13.5. The number of nitrogens with one attached hydrogen (secondary N) is 1. The Labute approximate surface area is 102 Å². The van der Waals surface area contributed by atoms with Crippen LogP contribution in [0.5, 0.6) is 5.75 Å². The highest BCUT2D eigenvalue weighted by Gasteiger charge is 2.21. The third kappa shape index (κ3) is 4.44. The Morgan fingerprint density at radius 1 is 1.35 bits per heavy atom. The molecule has 1 amide bonds. The van der Waals surface area contributed by atoms with Gasteiger partial charge in [-0.05, 0) is 12.1 Å². The number of anilines is 1. The summed E-state index contributed by atoms with van der Waals surface area (Å²) in [6, 6.07) is 7.22. The van der Waals surface area contributed by atoms with Gasteiger partial charge in [0.25, 0.3) is 0 Å². The van der Waals surface area contributed by atoms with Crippen molar-refractivity contribution in [1.29, 1.82) is 0 Å². The number of hydrogen-bond donors (Lipinski definition) is 1. The van der Waals surface area contributed by atoms with Crippen LogP contribution in [0, 0.1) is 5.41 Å². The number of amides is 1. The molecule has 17 heavy (non-hydrogen) atoms. The summed E-state index contributed by atoms with van der Waals surface area (Å²) in [5.41, 5.74) is 0.308. The summed E-state index contributed by atoms with van der Waals surface area (Å²) < 4.78 is 10.1. The van der Waals surface area contributed by atoms with Crippen LogP contribution in [0.4, 0.5) is 5.69 Å². The Kier molecular flexibility index (Phi) is 4.52. The van der Waals surface area contributed by atoms with E-state index in [1.807, 2.05) is 39.0 Å². The molecule has 0 aliphatic rings. The van der Waals surface area contributed by atoms with Gasteiger partial charge < -0.3 is 14.8 Å². The zero-order chi connectivity index (χ0) is 12.9. The van der Waals surface area contributed by atoms with E-state index in [1.165, 1.54) is 0 Å². The van der Waals surface area contributed by atoms with Crippen LogP contribution in [0.15, 0.2) is 24.3 Å². The second-order valence-corrected chi connectivity index (χ2v) is 4.78. The fraction of sp³-hybridized carbons (Fsp3) is 0.462. The van der Waals surface area contributed by atoms with Gasteiger partial charge in [0.1, 0.15) is 5.75 Å². The summed E-state index contributed by atoms with van der Waals surface area (Å²) in [4.78, 5) is 11.8. The average Bonchev–Trinajstić information content (AvgIpc) is 2.25. The van der Waals surface area contributed by atoms with E-state index >= 15 is 0 Å². The molecule has 0 heterocycles. The number of carbonyl (C=O) groups excluding carboxylic acids is 1. The summed E-state index contributed by atoms with van der Waals surface area (Å²) in [6.45, 7) is 5.80. The van der Waals surface area contributed by atoms with Crippen molar-refractivity contribution in [3.05, 3.63) is 24.3 Å². The standard InChI is InChI=1S/C13H19NO3/c1-13(2,3)12(15)14-10-6-5-7-11(8-10)17-9-16-4/h5-8H,9H2,1-4H3,(H,14,15). The second kappa shape index (κ2) is 5.68. The highest BCUT2D eigenvalue weighted by Crippen LogP contribution is 2.21. The predicted octanol–water partition coefficient (Wildman–Crippen LogP) is 2.65. The Hall–Kier alpha value is -1.55. The number of rotatable bonds is 4. The molecule has 0 bridgehead atoms. The molecule has 0 aromatic heterocycles. The predicted molar refractivity (Wildman–Crippen MR) is 67.0 cm³/mol. The molecule has 94 valence electrons. The minimum absolute atomic E-state index is 0.0265. The zero-order valence-corrected chi connectivity index (χ0v) is 10.7. The fourth-order valence-corrected chi connectivity index (χ4v) is 1.11. The van der Waals surface area contributed by atoms with E-state index in [0.717, 1.165) is 5.69 Å². The molecule has 0 saturated carbocycles. The minimum atomic E-state index is -0.413. The van der Waals surface area contributed by atoms with E-state index in [0.29, 0.717) is 5.75 Å². The van der Waals surface area contributed by atoms with Crippen molar-refractivity contribution in [2.24, 2.45) is 5.41 Å². The Bertz CT molecular complexity index is 382. The highest BCUT2D eigenvalue weighted by atomic mass is 16.7. The van der Waals surface area contributed by atoms with Crippen LogP contribution in [-0.4, -0.2) is 19.8 Å². The first-order valence-electron chi connectivity index (χ1n) is 5.47. The van der Waals surface area contributed by atoms with Crippen molar-refractivity contribution >= 4 is 11.6 Å². The number of carbonyl (C=O) groups is 1. The largest absolute Gasteiger partial charge is 0.467 e. The van der Waals surface area contributed by atoms with Crippen molar-refractivity contribution in [3.8, 4) is 5.75 Å². The van der Waals surface area contributed by atoms with Gasteiger partial charge in [-0.3, -0.25) is 4.79 Å². The topological polar surface area (TPSA) is 47.6 Å². The number of benzene rings is 1. The van der Waals surface area contributed by atoms with E-state index in [9.17, 15) is 4.79 Å². The first-order chi connectivity index (χ1) is 7.93. The van der Waals surface area contributed by atoms with Gasteiger partial charge in [0.2, 0.25) is 5.91 Å². The first-order valence-corrected chi connectivity index (χ1v) is 5.47. The number of hydrogen-bond acceptors (Lipinski definition) is 3. The highest BCUT2D eigenvalue weighted by molar-refractivity contribution is 5.94. The number of methoxy groups -OCH3 is 1. The maximum atomic E-state index is 11.8. The summed E-state index contributed by atoms with van der Waals surface area (Å²) in [6.07, 6.45) is 0. The van der Waals surface area contributed by atoms with Crippen LogP contribution in [0.3, 0.4) is 0 Å². The van der Waals surface area contributed by atoms with Crippen molar-refractivity contribution in [3.63, 3.8) is 0 Å². The molecule has 0 unspecified atom stereocenters. The quantitative estimate of drug-likeness (QED) is 0.819. The lowest BCUT2D eigenvalue weighted by Crippen LogP contribution is -2.27. The number of ether oxygens (including phenoxy) is 2. The molecule has 0 aliphatic heterocycles. The van der Waals surface area contributed by atoms with Gasteiger partial charge in [-0.25, -0.2) is 0 Å². The second-order valence-electron chi connectivity index (χ2n) is 4.78. The summed E-state index contributed by atoms with van der Waals surface area (Å²) >= 11 is 0. The molecule has 1 aromatic carbocycles. The molecular formula is C13H19NO3. The molecule has 0 spiro atoms. The average molecular weight is 237 g/mol. The normalized spacial score (nSPS) is 11.1. The van der Waals surface area contributed by atoms with E-state index < -0.39 is 5.41 Å². The van der Waals surface area contributed by atoms with E-state index in [2.05, 4.69) is 5.32 Å². The minimum Gasteiger partial charge on any atom is -0.467 e. The van der Waals surface area contributed by atoms with E-state index in [4.69, 9.17) is 9.47 Å². The van der Waals surface area contributed by atoms with E-state index in [1.54, 1.807) is 13.2 Å². The third-order valence-electron chi connectivity index (χ3n) is 2.12. The maximum absolute atomic E-state index is 11.8. The van der Waals surface area contributed by atoms with Crippen molar-refractivity contribution in [1.82, 2.24) is 0 Å². The maximum Gasteiger partial charge on any atom is 0.229 e.